The van der Waals surface area contributed by atoms with Crippen molar-refractivity contribution in [3.05, 3.63) is 12.4 Å². The lowest BCUT2D eigenvalue weighted by atomic mass is 10.1. The molecule has 1 heterocycles. The van der Waals surface area contributed by atoms with Crippen LogP contribution in [-0.4, -0.2) is 24.2 Å². The van der Waals surface area contributed by atoms with Crippen molar-refractivity contribution in [2.45, 2.75) is 117 Å². The van der Waals surface area contributed by atoms with Crippen LogP contribution in [0.15, 0.2) is 12.4 Å². The second-order valence-corrected chi connectivity index (χ2v) is 7.80. The summed E-state index contributed by atoms with van der Waals surface area (Å²) in [5.41, 5.74) is 0. The monoisotopic (exact) mass is 464 g/mol. The molecule has 2 atom stereocenters. The Morgan fingerprint density at radius 2 is 1.20 bits per heavy atom. The van der Waals surface area contributed by atoms with Gasteiger partial charge in [-0.1, -0.05) is 90.9 Å². The lowest BCUT2D eigenvalue weighted by molar-refractivity contribution is -0.875. The molecule has 0 aromatic rings. The van der Waals surface area contributed by atoms with Crippen molar-refractivity contribution in [2.24, 2.45) is 0 Å². The fraction of sp³-hybridized carbons (Fsp3) is 0.909. The zero-order valence-electron chi connectivity index (χ0n) is 17.4. The Morgan fingerprint density at radius 3 is 1.72 bits per heavy atom. The van der Waals surface area contributed by atoms with E-state index in [9.17, 15) is 0 Å². The molecule has 150 valence electrons. The van der Waals surface area contributed by atoms with Crippen molar-refractivity contribution in [1.82, 2.24) is 4.90 Å². The normalized spacial score (nSPS) is 19.4. The van der Waals surface area contributed by atoms with Crippen molar-refractivity contribution in [3.63, 3.8) is 0 Å². The van der Waals surface area contributed by atoms with Crippen LogP contribution in [0.1, 0.15) is 111 Å². The number of halogens is 1. The molecular weight excluding hydrogens is 419 g/mol. The maximum Gasteiger partial charge on any atom is 0.164 e. The zero-order chi connectivity index (χ0) is 17.5. The smallest absolute Gasteiger partial charge is 0.164 e. The van der Waals surface area contributed by atoms with E-state index in [1.165, 1.54) is 103 Å². The lowest BCUT2D eigenvalue weighted by Crippen LogP contribution is -3.11. The van der Waals surface area contributed by atoms with Gasteiger partial charge in [0.25, 0.3) is 0 Å². The summed E-state index contributed by atoms with van der Waals surface area (Å²) in [6.07, 6.45) is 25.3. The predicted octanol–water partition coefficient (Wildman–Crippen LogP) is 2.51. The van der Waals surface area contributed by atoms with E-state index in [-0.39, 0.29) is 24.0 Å². The molecule has 1 rings (SSSR count). The van der Waals surface area contributed by atoms with Gasteiger partial charge in [0.15, 0.2) is 6.17 Å². The van der Waals surface area contributed by atoms with E-state index in [0.717, 1.165) is 0 Å². The van der Waals surface area contributed by atoms with E-state index in [2.05, 4.69) is 38.1 Å². The Kier molecular flexibility index (Phi) is 17.8. The van der Waals surface area contributed by atoms with Crippen LogP contribution in [0.25, 0.3) is 0 Å². The fourth-order valence-corrected chi connectivity index (χ4v) is 3.75. The highest BCUT2D eigenvalue weighted by Crippen LogP contribution is 2.12. The number of unbranched alkanes of at least 4 members (excludes halogenated alkanes) is 12. The molecule has 0 saturated carbocycles. The first-order valence-electron chi connectivity index (χ1n) is 11.1. The summed E-state index contributed by atoms with van der Waals surface area (Å²) in [7, 11) is 0. The highest BCUT2D eigenvalue weighted by molar-refractivity contribution is 4.82. The summed E-state index contributed by atoms with van der Waals surface area (Å²) >= 11 is 0. The number of nitrogens with zero attached hydrogens (tertiary/aromatic N) is 1. The van der Waals surface area contributed by atoms with Crippen LogP contribution in [0, 0.1) is 0 Å². The zero-order valence-corrected chi connectivity index (χ0v) is 19.5. The van der Waals surface area contributed by atoms with Crippen molar-refractivity contribution in [3.8, 4) is 0 Å². The largest absolute Gasteiger partial charge is 1.00 e. The average molecular weight is 465 g/mol. The highest BCUT2D eigenvalue weighted by Gasteiger charge is 2.25. The number of hydrogen-bond acceptors (Lipinski definition) is 1. The van der Waals surface area contributed by atoms with E-state index in [1.54, 1.807) is 4.90 Å². The molecule has 0 amide bonds. The molecule has 1 aliphatic rings. The number of nitrogens with one attached hydrogen (secondary N) is 1. The molecule has 0 radical (unpaired) electrons. The maximum absolute atomic E-state index is 2.56. The molecule has 0 bridgehead atoms. The molecule has 2 nitrogen and oxygen atoms in total. The first-order valence-corrected chi connectivity index (χ1v) is 11.1. The number of hydrogen-bond donors (Lipinski definition) is 1. The van der Waals surface area contributed by atoms with Gasteiger partial charge >= 0.3 is 0 Å². The Labute approximate surface area is 175 Å². The quantitative estimate of drug-likeness (QED) is 0.273. The molecule has 1 aliphatic heterocycles. The minimum absolute atomic E-state index is 0. The molecule has 0 aromatic heterocycles. The topological polar surface area (TPSA) is 7.68 Å². The van der Waals surface area contributed by atoms with Crippen LogP contribution >= 0.6 is 0 Å². The van der Waals surface area contributed by atoms with E-state index >= 15 is 0 Å². The number of quaternary nitrogens is 1. The van der Waals surface area contributed by atoms with Gasteiger partial charge in [0.2, 0.25) is 0 Å². The minimum atomic E-state index is 0. The van der Waals surface area contributed by atoms with Crippen molar-refractivity contribution >= 4 is 0 Å². The second kappa shape index (κ2) is 17.6. The predicted molar refractivity (Wildman–Crippen MR) is 107 cm³/mol. The second-order valence-electron chi connectivity index (χ2n) is 7.80. The van der Waals surface area contributed by atoms with Gasteiger partial charge in [-0.15, -0.1) is 0 Å². The summed E-state index contributed by atoms with van der Waals surface area (Å²) < 4.78 is 0. The standard InChI is InChI=1S/C22H44N2.HI/c1-4-6-8-9-10-11-12-13-14-15-16-17-19-24-21-20-23(22(24)3)18-7-5-2;/h20-22H,4-19H2,1-3H3;1H. The third-order valence-electron chi connectivity index (χ3n) is 5.60. The Morgan fingerprint density at radius 1 is 0.720 bits per heavy atom. The van der Waals surface area contributed by atoms with Gasteiger partial charge in [-0.2, -0.15) is 0 Å². The molecule has 1 N–H and O–H groups in total. The van der Waals surface area contributed by atoms with Crippen LogP contribution in [0.2, 0.25) is 0 Å². The van der Waals surface area contributed by atoms with Gasteiger partial charge < -0.3 is 28.9 Å². The van der Waals surface area contributed by atoms with E-state index in [4.69, 9.17) is 0 Å². The highest BCUT2D eigenvalue weighted by atomic mass is 127. The minimum Gasteiger partial charge on any atom is -1.00 e. The molecule has 0 aromatic carbocycles. The Hall–Kier alpha value is 0.230. The maximum atomic E-state index is 2.56. The lowest BCUT2D eigenvalue weighted by Gasteiger charge is -2.25. The van der Waals surface area contributed by atoms with Gasteiger partial charge in [-0.3, -0.25) is 4.90 Å². The summed E-state index contributed by atoms with van der Waals surface area (Å²) in [6.45, 7) is 9.51. The van der Waals surface area contributed by atoms with Gasteiger partial charge in [-0.25, -0.2) is 0 Å². The number of rotatable bonds is 16. The van der Waals surface area contributed by atoms with Crippen LogP contribution in [-0.2, 0) is 0 Å². The van der Waals surface area contributed by atoms with E-state index in [1.807, 2.05) is 0 Å². The van der Waals surface area contributed by atoms with Crippen LogP contribution in [0.5, 0.6) is 0 Å². The van der Waals surface area contributed by atoms with Gasteiger partial charge in [0, 0.05) is 13.5 Å². The summed E-state index contributed by atoms with van der Waals surface area (Å²) in [5, 5.41) is 0. The molecule has 0 aliphatic carbocycles. The molecular formula is C22H45IN2. The van der Waals surface area contributed by atoms with Crippen LogP contribution in [0.3, 0.4) is 0 Å². The molecule has 3 heteroatoms. The molecule has 25 heavy (non-hydrogen) atoms. The summed E-state index contributed by atoms with van der Waals surface area (Å²) in [4.78, 5) is 4.21. The van der Waals surface area contributed by atoms with Crippen molar-refractivity contribution < 1.29 is 28.9 Å². The van der Waals surface area contributed by atoms with Gasteiger partial charge in [-0.05, 0) is 12.8 Å². The fourth-order valence-electron chi connectivity index (χ4n) is 3.75. The van der Waals surface area contributed by atoms with Crippen LogP contribution in [0.4, 0.5) is 0 Å². The summed E-state index contributed by atoms with van der Waals surface area (Å²) in [5.74, 6) is 0. The van der Waals surface area contributed by atoms with Crippen molar-refractivity contribution in [1.29, 1.82) is 0 Å². The average Bonchev–Trinajstić information content (AvgIpc) is 2.94. The first kappa shape index (κ1) is 25.2. The van der Waals surface area contributed by atoms with Gasteiger partial charge in [0.1, 0.15) is 6.20 Å². The SMILES string of the molecule is CCCCCCCCCCCCCCN1C=C[NH+](CCCC)C1C.[I-]. The third kappa shape index (κ3) is 12.3. The molecule has 0 saturated heterocycles. The molecule has 0 fully saturated rings. The molecule has 0 spiro atoms. The third-order valence-corrected chi connectivity index (χ3v) is 5.60. The van der Waals surface area contributed by atoms with Crippen molar-refractivity contribution in [2.75, 3.05) is 13.1 Å². The van der Waals surface area contributed by atoms with Crippen LogP contribution < -0.4 is 28.9 Å². The molecule has 2 unspecified atom stereocenters. The van der Waals surface area contributed by atoms with Gasteiger partial charge in [0.05, 0.1) is 12.7 Å². The summed E-state index contributed by atoms with van der Waals surface area (Å²) in [6, 6.07) is 0. The first-order chi connectivity index (χ1) is 11.8. The Balaban J connectivity index is 0.00000576. The van der Waals surface area contributed by atoms with E-state index < -0.39 is 0 Å². The Bertz CT molecular complexity index is 306. The van der Waals surface area contributed by atoms with E-state index in [0.29, 0.717) is 6.17 Å².